The molecule has 0 aliphatic rings. The third-order valence-electron chi connectivity index (χ3n) is 2.70. The number of carbonyl (C=O) groups excluding carboxylic acids is 1. The van der Waals surface area contributed by atoms with Gasteiger partial charge in [0.25, 0.3) is 0 Å². The van der Waals surface area contributed by atoms with Gasteiger partial charge >= 0.3 is 0 Å². The normalized spacial score (nSPS) is 10.2. The minimum Gasteiger partial charge on any atom is -0.493 e. The molecule has 98 valence electrons. The smallest absolute Gasteiger partial charge is 0.195 e. The summed E-state index contributed by atoms with van der Waals surface area (Å²) in [4.78, 5) is 12.3. The molecular formula is C15H14BrNO2. The molecule has 2 aromatic rings. The van der Waals surface area contributed by atoms with Crippen LogP contribution in [0.3, 0.4) is 0 Å². The van der Waals surface area contributed by atoms with Crippen LogP contribution in [0, 0.1) is 0 Å². The van der Waals surface area contributed by atoms with Crippen molar-refractivity contribution in [3.63, 3.8) is 0 Å². The van der Waals surface area contributed by atoms with E-state index in [2.05, 4.69) is 15.9 Å². The van der Waals surface area contributed by atoms with Gasteiger partial charge in [0.2, 0.25) is 0 Å². The molecule has 3 nitrogen and oxygen atoms in total. The maximum absolute atomic E-state index is 12.3. The van der Waals surface area contributed by atoms with Crippen molar-refractivity contribution in [2.24, 2.45) is 0 Å². The molecule has 2 aromatic carbocycles. The number of carbonyl (C=O) groups is 1. The number of nitrogen functional groups attached to an aromatic ring is 1. The Balaban J connectivity index is 2.35. The standard InChI is InChI=1S/C15H14BrNO2/c1-2-19-14-8-7-10(9-12(14)16)15(18)11-5-3-4-6-13(11)17/h3-9H,2,17H2,1H3. The van der Waals surface area contributed by atoms with E-state index in [4.69, 9.17) is 10.5 Å². The summed E-state index contributed by atoms with van der Waals surface area (Å²) in [5.41, 5.74) is 7.39. The molecule has 0 spiro atoms. The van der Waals surface area contributed by atoms with Crippen LogP contribution < -0.4 is 10.5 Å². The van der Waals surface area contributed by atoms with Crippen LogP contribution >= 0.6 is 15.9 Å². The first-order valence-corrected chi connectivity index (χ1v) is 6.74. The van der Waals surface area contributed by atoms with Gasteiger partial charge in [0.15, 0.2) is 5.78 Å². The maximum atomic E-state index is 12.3. The number of ketones is 1. The molecule has 0 amide bonds. The quantitative estimate of drug-likeness (QED) is 0.691. The summed E-state index contributed by atoms with van der Waals surface area (Å²) in [5, 5.41) is 0. The lowest BCUT2D eigenvalue weighted by molar-refractivity contribution is 0.103. The Morgan fingerprint density at radius 2 is 2.00 bits per heavy atom. The second kappa shape index (κ2) is 5.89. The average molecular weight is 320 g/mol. The van der Waals surface area contributed by atoms with Crippen molar-refractivity contribution in [2.45, 2.75) is 6.92 Å². The van der Waals surface area contributed by atoms with Gasteiger partial charge in [-0.25, -0.2) is 0 Å². The molecule has 0 unspecified atom stereocenters. The van der Waals surface area contributed by atoms with Crippen molar-refractivity contribution >= 4 is 27.4 Å². The number of rotatable bonds is 4. The fourth-order valence-electron chi connectivity index (χ4n) is 1.77. The third kappa shape index (κ3) is 2.96. The molecule has 0 atom stereocenters. The van der Waals surface area contributed by atoms with Crippen LogP contribution in [-0.4, -0.2) is 12.4 Å². The van der Waals surface area contributed by atoms with E-state index < -0.39 is 0 Å². The Morgan fingerprint density at radius 3 is 2.63 bits per heavy atom. The lowest BCUT2D eigenvalue weighted by atomic mass is 10.0. The fraction of sp³-hybridized carbons (Fsp3) is 0.133. The second-order valence-electron chi connectivity index (χ2n) is 3.99. The number of nitrogens with two attached hydrogens (primary N) is 1. The van der Waals surface area contributed by atoms with Gasteiger partial charge in [-0.3, -0.25) is 4.79 Å². The molecule has 0 aromatic heterocycles. The predicted octanol–water partition coefficient (Wildman–Crippen LogP) is 3.66. The predicted molar refractivity (Wildman–Crippen MR) is 79.6 cm³/mol. The molecule has 0 radical (unpaired) electrons. The Hall–Kier alpha value is -1.81. The number of halogens is 1. The monoisotopic (exact) mass is 319 g/mol. The lowest BCUT2D eigenvalue weighted by Gasteiger charge is -2.08. The number of para-hydroxylation sites is 1. The highest BCUT2D eigenvalue weighted by Gasteiger charge is 2.13. The van der Waals surface area contributed by atoms with Gasteiger partial charge in [0, 0.05) is 16.8 Å². The zero-order chi connectivity index (χ0) is 13.8. The number of hydrogen-bond acceptors (Lipinski definition) is 3. The summed E-state index contributed by atoms with van der Waals surface area (Å²) in [6.45, 7) is 2.49. The first-order valence-electron chi connectivity index (χ1n) is 5.95. The van der Waals surface area contributed by atoms with Crippen LogP contribution in [0.4, 0.5) is 5.69 Å². The van der Waals surface area contributed by atoms with E-state index in [1.807, 2.05) is 6.92 Å². The average Bonchev–Trinajstić information content (AvgIpc) is 2.41. The number of ether oxygens (including phenoxy) is 1. The van der Waals surface area contributed by atoms with Crippen molar-refractivity contribution in [1.29, 1.82) is 0 Å². The molecular weight excluding hydrogens is 306 g/mol. The van der Waals surface area contributed by atoms with E-state index in [-0.39, 0.29) is 5.78 Å². The molecule has 0 aliphatic carbocycles. The maximum Gasteiger partial charge on any atom is 0.195 e. The number of anilines is 1. The van der Waals surface area contributed by atoms with Crippen LogP contribution in [0.25, 0.3) is 0 Å². The summed E-state index contributed by atoms with van der Waals surface area (Å²) >= 11 is 3.40. The topological polar surface area (TPSA) is 52.3 Å². The van der Waals surface area contributed by atoms with E-state index in [0.717, 1.165) is 10.2 Å². The van der Waals surface area contributed by atoms with Gasteiger partial charge in [-0.1, -0.05) is 12.1 Å². The van der Waals surface area contributed by atoms with E-state index in [0.29, 0.717) is 23.4 Å². The highest BCUT2D eigenvalue weighted by Crippen LogP contribution is 2.27. The van der Waals surface area contributed by atoms with Crippen LogP contribution in [0.5, 0.6) is 5.75 Å². The van der Waals surface area contributed by atoms with Gasteiger partial charge in [0.05, 0.1) is 11.1 Å². The van der Waals surface area contributed by atoms with Crippen molar-refractivity contribution in [3.8, 4) is 5.75 Å². The third-order valence-corrected chi connectivity index (χ3v) is 3.32. The van der Waals surface area contributed by atoms with Gasteiger partial charge in [0.1, 0.15) is 5.75 Å². The van der Waals surface area contributed by atoms with Crippen molar-refractivity contribution in [3.05, 3.63) is 58.1 Å². The molecule has 4 heteroatoms. The Bertz CT molecular complexity index is 611. The zero-order valence-corrected chi connectivity index (χ0v) is 12.1. The van der Waals surface area contributed by atoms with Gasteiger partial charge < -0.3 is 10.5 Å². The van der Waals surface area contributed by atoms with E-state index in [1.165, 1.54) is 0 Å². The van der Waals surface area contributed by atoms with Crippen molar-refractivity contribution < 1.29 is 9.53 Å². The Kier molecular flexibility index (Phi) is 4.22. The fourth-order valence-corrected chi connectivity index (χ4v) is 2.27. The number of hydrogen-bond donors (Lipinski definition) is 1. The first-order chi connectivity index (χ1) is 9.13. The van der Waals surface area contributed by atoms with Crippen LogP contribution in [0.15, 0.2) is 46.9 Å². The van der Waals surface area contributed by atoms with Gasteiger partial charge in [-0.15, -0.1) is 0 Å². The van der Waals surface area contributed by atoms with E-state index in [9.17, 15) is 4.79 Å². The van der Waals surface area contributed by atoms with E-state index >= 15 is 0 Å². The summed E-state index contributed by atoms with van der Waals surface area (Å²) in [5.74, 6) is 0.627. The highest BCUT2D eigenvalue weighted by molar-refractivity contribution is 9.10. The van der Waals surface area contributed by atoms with Crippen LogP contribution in [0.2, 0.25) is 0 Å². The van der Waals surface area contributed by atoms with E-state index in [1.54, 1.807) is 42.5 Å². The first kappa shape index (κ1) is 13.6. The molecule has 0 saturated heterocycles. The summed E-state index contributed by atoms with van der Waals surface area (Å²) in [6.07, 6.45) is 0. The minimum absolute atomic E-state index is 0.0955. The van der Waals surface area contributed by atoms with Gasteiger partial charge in [-0.05, 0) is 53.2 Å². The lowest BCUT2D eigenvalue weighted by Crippen LogP contribution is -2.05. The molecule has 2 N–H and O–H groups in total. The van der Waals surface area contributed by atoms with Crippen LogP contribution in [0.1, 0.15) is 22.8 Å². The second-order valence-corrected chi connectivity index (χ2v) is 4.85. The molecule has 2 rings (SSSR count). The van der Waals surface area contributed by atoms with Crippen molar-refractivity contribution in [1.82, 2.24) is 0 Å². The number of benzene rings is 2. The van der Waals surface area contributed by atoms with Crippen molar-refractivity contribution in [2.75, 3.05) is 12.3 Å². The summed E-state index contributed by atoms with van der Waals surface area (Å²) in [6, 6.07) is 12.3. The molecule has 19 heavy (non-hydrogen) atoms. The Morgan fingerprint density at radius 1 is 1.26 bits per heavy atom. The summed E-state index contributed by atoms with van der Waals surface area (Å²) in [7, 11) is 0. The molecule has 0 saturated carbocycles. The highest BCUT2D eigenvalue weighted by atomic mass is 79.9. The zero-order valence-electron chi connectivity index (χ0n) is 10.5. The van der Waals surface area contributed by atoms with Gasteiger partial charge in [-0.2, -0.15) is 0 Å². The SMILES string of the molecule is CCOc1ccc(C(=O)c2ccccc2N)cc1Br. The minimum atomic E-state index is -0.0955. The molecule has 0 fully saturated rings. The molecule has 0 bridgehead atoms. The largest absolute Gasteiger partial charge is 0.493 e. The van der Waals surface area contributed by atoms with Crippen LogP contribution in [-0.2, 0) is 0 Å². The molecule has 0 heterocycles. The molecule has 0 aliphatic heterocycles. The summed E-state index contributed by atoms with van der Waals surface area (Å²) < 4.78 is 6.18. The Labute approximate surface area is 120 Å².